The number of hydrogen-bond donors (Lipinski definition) is 1. The first-order valence-corrected chi connectivity index (χ1v) is 7.05. The van der Waals surface area contributed by atoms with Gasteiger partial charge in [-0.25, -0.2) is 4.98 Å². The molecule has 0 amide bonds. The zero-order valence-electron chi connectivity index (χ0n) is 12.4. The summed E-state index contributed by atoms with van der Waals surface area (Å²) in [5, 5.41) is 3.23. The molecule has 20 heavy (non-hydrogen) atoms. The minimum atomic E-state index is -0.543. The molecule has 1 aliphatic rings. The summed E-state index contributed by atoms with van der Waals surface area (Å²) in [6.07, 6.45) is 7.24. The molecule has 1 heterocycles. The van der Waals surface area contributed by atoms with Crippen molar-refractivity contribution in [3.8, 4) is 5.88 Å². The Hall–Kier alpha value is -1.43. The highest BCUT2D eigenvalue weighted by atomic mass is 19.1. The van der Waals surface area contributed by atoms with E-state index in [1.807, 2.05) is 0 Å². The van der Waals surface area contributed by atoms with Gasteiger partial charge in [-0.3, -0.25) is 0 Å². The molecule has 0 radical (unpaired) electrons. The fourth-order valence-electron chi connectivity index (χ4n) is 2.82. The normalized spacial score (nSPS) is 18.1. The van der Waals surface area contributed by atoms with Crippen LogP contribution in [0.15, 0.2) is 6.20 Å². The Bertz CT molecular complexity index is 447. The van der Waals surface area contributed by atoms with Gasteiger partial charge >= 0.3 is 0 Å². The molecule has 1 aliphatic carbocycles. The van der Waals surface area contributed by atoms with Crippen molar-refractivity contribution in [2.75, 3.05) is 33.1 Å². The molecule has 1 N–H and O–H groups in total. The van der Waals surface area contributed by atoms with E-state index in [9.17, 15) is 4.39 Å². The summed E-state index contributed by atoms with van der Waals surface area (Å²) in [6.45, 7) is 0.759. The topological polar surface area (TPSA) is 50.3 Å². The average Bonchev–Trinajstić information content (AvgIpc) is 2.47. The molecular formula is C14H23FN4O. The standard InChI is InChI=1S/C14H23FN4O/c1-19(2)14(7-5-4-6-8-14)10-17-13-16-9-11(15)12(18-13)20-3/h9H,4-8,10H2,1-3H3,(H,16,17,18). The third-order valence-corrected chi connectivity index (χ3v) is 4.21. The molecule has 1 saturated carbocycles. The van der Waals surface area contributed by atoms with Gasteiger partial charge in [-0.2, -0.15) is 9.37 Å². The van der Waals surface area contributed by atoms with Gasteiger partial charge in [-0.1, -0.05) is 19.3 Å². The largest absolute Gasteiger partial charge is 0.479 e. The fourth-order valence-corrected chi connectivity index (χ4v) is 2.82. The third-order valence-electron chi connectivity index (χ3n) is 4.21. The molecule has 0 unspecified atom stereocenters. The van der Waals surface area contributed by atoms with Crippen molar-refractivity contribution < 1.29 is 9.13 Å². The zero-order valence-corrected chi connectivity index (χ0v) is 12.4. The van der Waals surface area contributed by atoms with Gasteiger partial charge in [-0.15, -0.1) is 0 Å². The average molecular weight is 282 g/mol. The molecule has 1 fully saturated rings. The quantitative estimate of drug-likeness (QED) is 0.898. The molecule has 0 bridgehead atoms. The lowest BCUT2D eigenvalue weighted by molar-refractivity contribution is 0.113. The van der Waals surface area contributed by atoms with Crippen LogP contribution in [-0.4, -0.2) is 48.2 Å². The SMILES string of the molecule is COc1nc(NCC2(N(C)C)CCCCC2)ncc1F. The molecule has 0 spiro atoms. The molecule has 1 aromatic rings. The fraction of sp³-hybridized carbons (Fsp3) is 0.714. The van der Waals surface area contributed by atoms with Crippen LogP contribution in [0.4, 0.5) is 10.3 Å². The van der Waals surface area contributed by atoms with E-state index in [2.05, 4.69) is 34.3 Å². The molecule has 0 aliphatic heterocycles. The number of methoxy groups -OCH3 is 1. The van der Waals surface area contributed by atoms with E-state index in [-0.39, 0.29) is 11.4 Å². The van der Waals surface area contributed by atoms with Crippen molar-refractivity contribution >= 4 is 5.95 Å². The Morgan fingerprint density at radius 3 is 2.65 bits per heavy atom. The Kier molecular flexibility index (Phi) is 4.75. The lowest BCUT2D eigenvalue weighted by atomic mass is 9.80. The van der Waals surface area contributed by atoms with Crippen LogP contribution in [-0.2, 0) is 0 Å². The van der Waals surface area contributed by atoms with Gasteiger partial charge in [0.05, 0.1) is 13.3 Å². The minimum Gasteiger partial charge on any atom is -0.479 e. The summed E-state index contributed by atoms with van der Waals surface area (Å²) in [7, 11) is 5.62. The van der Waals surface area contributed by atoms with E-state index in [1.54, 1.807) is 0 Å². The minimum absolute atomic E-state index is 0.0231. The van der Waals surface area contributed by atoms with Crippen molar-refractivity contribution in [2.24, 2.45) is 0 Å². The Morgan fingerprint density at radius 1 is 1.35 bits per heavy atom. The highest BCUT2D eigenvalue weighted by molar-refractivity contribution is 5.29. The number of anilines is 1. The molecule has 112 valence electrons. The van der Waals surface area contributed by atoms with Crippen LogP contribution >= 0.6 is 0 Å². The number of nitrogens with zero attached hydrogens (tertiary/aromatic N) is 3. The van der Waals surface area contributed by atoms with Gasteiger partial charge < -0.3 is 15.0 Å². The lowest BCUT2D eigenvalue weighted by Crippen LogP contribution is -2.51. The van der Waals surface area contributed by atoms with Crippen molar-refractivity contribution in [1.82, 2.24) is 14.9 Å². The van der Waals surface area contributed by atoms with Gasteiger partial charge in [0.2, 0.25) is 11.8 Å². The zero-order chi connectivity index (χ0) is 14.6. The number of halogens is 1. The third kappa shape index (κ3) is 3.17. The summed E-state index contributed by atoms with van der Waals surface area (Å²) in [5.41, 5.74) is 0.128. The van der Waals surface area contributed by atoms with Crippen LogP contribution in [0.2, 0.25) is 0 Å². The molecule has 0 atom stereocenters. The molecule has 5 nitrogen and oxygen atoms in total. The highest BCUT2D eigenvalue weighted by Crippen LogP contribution is 2.32. The predicted octanol–water partition coefficient (Wildman–Crippen LogP) is 2.30. The molecule has 6 heteroatoms. The summed E-state index contributed by atoms with van der Waals surface area (Å²) >= 11 is 0. The first kappa shape index (κ1) is 15.0. The van der Waals surface area contributed by atoms with Gasteiger partial charge in [0.15, 0.2) is 0 Å². The first-order chi connectivity index (χ1) is 9.57. The van der Waals surface area contributed by atoms with Crippen molar-refractivity contribution in [3.63, 3.8) is 0 Å². The van der Waals surface area contributed by atoms with E-state index >= 15 is 0 Å². The van der Waals surface area contributed by atoms with E-state index in [0.717, 1.165) is 25.6 Å². The van der Waals surface area contributed by atoms with Gasteiger partial charge in [-0.05, 0) is 26.9 Å². The maximum Gasteiger partial charge on any atom is 0.255 e. The van der Waals surface area contributed by atoms with Gasteiger partial charge in [0, 0.05) is 12.1 Å². The summed E-state index contributed by atoms with van der Waals surface area (Å²) < 4.78 is 18.2. The van der Waals surface area contributed by atoms with Crippen molar-refractivity contribution in [3.05, 3.63) is 12.0 Å². The second-order valence-corrected chi connectivity index (χ2v) is 5.58. The summed E-state index contributed by atoms with van der Waals surface area (Å²) in [6, 6.07) is 0. The Morgan fingerprint density at radius 2 is 2.05 bits per heavy atom. The van der Waals surface area contributed by atoms with Crippen molar-refractivity contribution in [2.45, 2.75) is 37.6 Å². The maximum absolute atomic E-state index is 13.3. The molecule has 0 aromatic carbocycles. The number of hydrogen-bond acceptors (Lipinski definition) is 5. The van der Waals surface area contributed by atoms with Crippen LogP contribution in [0, 0.1) is 5.82 Å². The molecule has 2 rings (SSSR count). The van der Waals surface area contributed by atoms with E-state index < -0.39 is 5.82 Å². The van der Waals surface area contributed by atoms with Gasteiger partial charge in [0.25, 0.3) is 5.88 Å². The predicted molar refractivity (Wildman–Crippen MR) is 76.5 cm³/mol. The Labute approximate surface area is 119 Å². The summed E-state index contributed by atoms with van der Waals surface area (Å²) in [5.74, 6) is -0.155. The smallest absolute Gasteiger partial charge is 0.255 e. The lowest BCUT2D eigenvalue weighted by Gasteiger charge is -2.43. The van der Waals surface area contributed by atoms with Crippen LogP contribution in [0.3, 0.4) is 0 Å². The van der Waals surface area contributed by atoms with Crippen LogP contribution in [0.5, 0.6) is 5.88 Å². The van der Waals surface area contributed by atoms with E-state index in [4.69, 9.17) is 4.74 Å². The maximum atomic E-state index is 13.3. The number of aromatic nitrogens is 2. The number of likely N-dealkylation sites (N-methyl/N-ethyl adjacent to an activating group) is 1. The van der Waals surface area contributed by atoms with E-state index in [1.165, 1.54) is 26.4 Å². The van der Waals surface area contributed by atoms with E-state index in [0.29, 0.717) is 5.95 Å². The second kappa shape index (κ2) is 6.35. The molecule has 1 aromatic heterocycles. The van der Waals surface area contributed by atoms with Crippen LogP contribution in [0.1, 0.15) is 32.1 Å². The number of nitrogens with one attached hydrogen (secondary N) is 1. The highest BCUT2D eigenvalue weighted by Gasteiger charge is 2.34. The van der Waals surface area contributed by atoms with Crippen LogP contribution in [0.25, 0.3) is 0 Å². The monoisotopic (exact) mass is 282 g/mol. The number of rotatable bonds is 5. The van der Waals surface area contributed by atoms with Crippen molar-refractivity contribution in [1.29, 1.82) is 0 Å². The van der Waals surface area contributed by atoms with Gasteiger partial charge in [0.1, 0.15) is 0 Å². The Balaban J connectivity index is 2.06. The molecule has 0 saturated heterocycles. The van der Waals surface area contributed by atoms with Crippen LogP contribution < -0.4 is 10.1 Å². The summed E-state index contributed by atoms with van der Waals surface area (Å²) in [4.78, 5) is 10.3. The second-order valence-electron chi connectivity index (χ2n) is 5.58. The molecular weight excluding hydrogens is 259 g/mol. The number of ether oxygens (including phenoxy) is 1. The first-order valence-electron chi connectivity index (χ1n) is 7.05.